The van der Waals surface area contributed by atoms with Crippen LogP contribution < -0.4 is 0 Å². The molecule has 1 aliphatic rings. The molecular weight excluding hydrogens is 210 g/mol. The van der Waals surface area contributed by atoms with E-state index in [2.05, 4.69) is 6.07 Å². The van der Waals surface area contributed by atoms with Gasteiger partial charge in [-0.25, -0.2) is 0 Å². The van der Waals surface area contributed by atoms with E-state index in [9.17, 15) is 0 Å². The molecule has 1 N–H and O–H groups in total. The molecule has 0 amide bonds. The van der Waals surface area contributed by atoms with E-state index in [4.69, 9.17) is 22.6 Å². The van der Waals surface area contributed by atoms with Gasteiger partial charge in [-0.15, -0.1) is 11.8 Å². The Hall–Kier alpha value is 0.240. The molecular formula is C7H9NOS3. The molecule has 0 radical (unpaired) electrons. The molecule has 5 heteroatoms. The quantitative estimate of drug-likeness (QED) is 0.733. The Bertz CT molecular complexity index is 225. The molecule has 1 aliphatic heterocycles. The maximum absolute atomic E-state index is 8.94. The highest BCUT2D eigenvalue weighted by atomic mass is 32.2. The van der Waals surface area contributed by atoms with E-state index in [-0.39, 0.29) is 11.4 Å². The Balaban J connectivity index is 2.54. The molecule has 1 atom stereocenters. The highest BCUT2D eigenvalue weighted by molar-refractivity contribution is 8.50. The molecule has 1 unspecified atom stereocenters. The fraction of sp³-hybridized carbons (Fsp3) is 0.714. The lowest BCUT2D eigenvalue weighted by atomic mass is 10.1. The van der Waals surface area contributed by atoms with Crippen molar-refractivity contribution in [3.8, 4) is 6.07 Å². The highest BCUT2D eigenvalue weighted by Crippen LogP contribution is 2.44. The van der Waals surface area contributed by atoms with E-state index in [1.165, 1.54) is 11.8 Å². The Morgan fingerprint density at radius 1 is 1.75 bits per heavy atom. The molecule has 0 aliphatic carbocycles. The van der Waals surface area contributed by atoms with Crippen LogP contribution in [0.1, 0.15) is 12.8 Å². The van der Waals surface area contributed by atoms with Crippen LogP contribution in [0.3, 0.4) is 0 Å². The van der Waals surface area contributed by atoms with Gasteiger partial charge >= 0.3 is 0 Å². The maximum atomic E-state index is 8.94. The summed E-state index contributed by atoms with van der Waals surface area (Å²) in [5, 5.41) is 17.6. The van der Waals surface area contributed by atoms with E-state index in [0.717, 1.165) is 15.7 Å². The Labute approximate surface area is 85.7 Å². The first-order valence-electron chi connectivity index (χ1n) is 3.60. The van der Waals surface area contributed by atoms with Crippen LogP contribution in [0.15, 0.2) is 0 Å². The highest BCUT2D eigenvalue weighted by Gasteiger charge is 2.37. The second-order valence-electron chi connectivity index (χ2n) is 2.57. The molecule has 1 rings (SSSR count). The van der Waals surface area contributed by atoms with E-state index >= 15 is 0 Å². The lowest BCUT2D eigenvalue weighted by Crippen LogP contribution is -2.22. The van der Waals surface area contributed by atoms with Crippen LogP contribution in [0.25, 0.3) is 0 Å². The zero-order chi connectivity index (χ0) is 9.03. The van der Waals surface area contributed by atoms with Gasteiger partial charge in [0.2, 0.25) is 0 Å². The van der Waals surface area contributed by atoms with Crippen LogP contribution >= 0.6 is 35.7 Å². The molecule has 1 saturated heterocycles. The zero-order valence-electron chi connectivity index (χ0n) is 6.45. The number of nitrogens with zero attached hydrogens (tertiary/aromatic N) is 1. The van der Waals surface area contributed by atoms with Crippen molar-refractivity contribution in [1.82, 2.24) is 0 Å². The number of hydrogen-bond acceptors (Lipinski definition) is 5. The second-order valence-corrected chi connectivity index (χ2v) is 6.14. The minimum Gasteiger partial charge on any atom is -0.396 e. The molecule has 0 aromatic rings. The van der Waals surface area contributed by atoms with Crippen molar-refractivity contribution in [2.75, 3.05) is 12.4 Å². The lowest BCUT2D eigenvalue weighted by molar-refractivity contribution is 0.282. The molecule has 0 aromatic heterocycles. The third-order valence-corrected chi connectivity index (χ3v) is 4.90. The van der Waals surface area contributed by atoms with E-state index in [1.54, 1.807) is 11.8 Å². The van der Waals surface area contributed by atoms with Crippen molar-refractivity contribution >= 4 is 39.3 Å². The third-order valence-electron chi connectivity index (χ3n) is 1.64. The topological polar surface area (TPSA) is 44.0 Å². The number of thioether (sulfide) groups is 2. The average molecular weight is 219 g/mol. The summed E-state index contributed by atoms with van der Waals surface area (Å²) < 4.78 is 0.499. The first-order valence-corrected chi connectivity index (χ1v) is 5.81. The number of aliphatic hydroxyl groups is 1. The van der Waals surface area contributed by atoms with Gasteiger partial charge in [-0.1, -0.05) is 24.0 Å². The standard InChI is InChI=1S/C7H9NOS3/c8-4-7(2-1-3-9)5-11-6(10)12-7/h9H,1-3,5H2. The summed E-state index contributed by atoms with van der Waals surface area (Å²) >= 11 is 8.04. The predicted octanol–water partition coefficient (Wildman–Crippen LogP) is 1.79. The molecule has 0 saturated carbocycles. The van der Waals surface area contributed by atoms with Gasteiger partial charge in [-0.2, -0.15) is 5.26 Å². The SMILES string of the molecule is N#CC1(CCCO)CSC(=S)S1. The van der Waals surface area contributed by atoms with Crippen molar-refractivity contribution in [2.24, 2.45) is 0 Å². The Morgan fingerprint density at radius 2 is 2.50 bits per heavy atom. The van der Waals surface area contributed by atoms with Crippen LogP contribution in [0.2, 0.25) is 0 Å². The minimum absolute atomic E-state index is 0.154. The van der Waals surface area contributed by atoms with Crippen LogP contribution in [-0.4, -0.2) is 25.7 Å². The summed E-state index contributed by atoms with van der Waals surface area (Å²) in [6.45, 7) is 0.154. The van der Waals surface area contributed by atoms with Gasteiger partial charge in [0.15, 0.2) is 0 Å². The molecule has 66 valence electrons. The van der Waals surface area contributed by atoms with Gasteiger partial charge in [0.25, 0.3) is 0 Å². The number of nitriles is 1. The number of rotatable bonds is 3. The van der Waals surface area contributed by atoms with Gasteiger partial charge in [0.05, 0.1) is 6.07 Å². The van der Waals surface area contributed by atoms with Gasteiger partial charge in [0.1, 0.15) is 8.28 Å². The number of thiocarbonyl (C=S) groups is 1. The predicted molar refractivity (Wildman–Crippen MR) is 57.3 cm³/mol. The van der Waals surface area contributed by atoms with Crippen molar-refractivity contribution in [3.05, 3.63) is 0 Å². The van der Waals surface area contributed by atoms with E-state index in [0.29, 0.717) is 6.42 Å². The van der Waals surface area contributed by atoms with Gasteiger partial charge in [0, 0.05) is 12.4 Å². The summed E-state index contributed by atoms with van der Waals surface area (Å²) in [4.78, 5) is 0. The van der Waals surface area contributed by atoms with Crippen LogP contribution in [0.4, 0.5) is 0 Å². The summed E-state index contributed by atoms with van der Waals surface area (Å²) in [7, 11) is 0. The van der Waals surface area contributed by atoms with Crippen molar-refractivity contribution in [3.63, 3.8) is 0 Å². The zero-order valence-corrected chi connectivity index (χ0v) is 8.90. The normalized spacial score (nSPS) is 28.8. The third kappa shape index (κ3) is 2.36. The minimum atomic E-state index is -0.357. The van der Waals surface area contributed by atoms with Crippen molar-refractivity contribution < 1.29 is 5.11 Å². The largest absolute Gasteiger partial charge is 0.396 e. The molecule has 0 bridgehead atoms. The average Bonchev–Trinajstić information content (AvgIpc) is 2.45. The molecule has 1 heterocycles. The monoisotopic (exact) mass is 219 g/mol. The summed E-state index contributed by atoms with van der Waals surface area (Å²) in [6, 6.07) is 2.29. The first-order chi connectivity index (χ1) is 5.72. The van der Waals surface area contributed by atoms with E-state index < -0.39 is 0 Å². The summed E-state index contributed by atoms with van der Waals surface area (Å²) in [5.41, 5.74) is 0. The van der Waals surface area contributed by atoms with Crippen LogP contribution in [0.5, 0.6) is 0 Å². The molecule has 12 heavy (non-hydrogen) atoms. The molecule has 1 fully saturated rings. The fourth-order valence-corrected chi connectivity index (χ4v) is 4.12. The second kappa shape index (κ2) is 4.47. The maximum Gasteiger partial charge on any atom is 0.118 e. The Kier molecular flexibility index (Phi) is 3.84. The number of aliphatic hydroxyl groups excluding tert-OH is 1. The fourth-order valence-electron chi connectivity index (χ4n) is 0.993. The molecule has 2 nitrogen and oxygen atoms in total. The smallest absolute Gasteiger partial charge is 0.118 e. The summed E-state index contributed by atoms with van der Waals surface area (Å²) in [5.74, 6) is 0.771. The van der Waals surface area contributed by atoms with Crippen molar-refractivity contribution in [1.29, 1.82) is 5.26 Å². The first kappa shape index (κ1) is 10.3. The van der Waals surface area contributed by atoms with Crippen LogP contribution in [0, 0.1) is 11.3 Å². The lowest BCUT2D eigenvalue weighted by Gasteiger charge is -2.16. The molecule has 0 spiro atoms. The number of hydrogen-bond donors (Lipinski definition) is 1. The van der Waals surface area contributed by atoms with Gasteiger partial charge in [-0.05, 0) is 12.8 Å². The summed E-state index contributed by atoms with van der Waals surface area (Å²) in [6.07, 6.45) is 1.42. The van der Waals surface area contributed by atoms with Gasteiger partial charge in [-0.3, -0.25) is 0 Å². The molecule has 0 aromatic carbocycles. The van der Waals surface area contributed by atoms with E-state index in [1.807, 2.05) is 0 Å². The van der Waals surface area contributed by atoms with Gasteiger partial charge < -0.3 is 5.11 Å². The van der Waals surface area contributed by atoms with Crippen LogP contribution in [-0.2, 0) is 0 Å². The van der Waals surface area contributed by atoms with Crippen molar-refractivity contribution in [2.45, 2.75) is 17.6 Å². The Morgan fingerprint density at radius 3 is 2.92 bits per heavy atom.